The van der Waals surface area contributed by atoms with Crippen molar-refractivity contribution >= 4 is 5.69 Å². The average molecular weight is 230 g/mol. The molecule has 2 rings (SSSR count). The van der Waals surface area contributed by atoms with Crippen molar-refractivity contribution in [2.45, 2.75) is 32.7 Å². The molecule has 0 aliphatic heterocycles. The first-order chi connectivity index (χ1) is 8.24. The van der Waals surface area contributed by atoms with Crippen LogP contribution in [0.2, 0.25) is 0 Å². The van der Waals surface area contributed by atoms with Gasteiger partial charge in [0, 0.05) is 30.0 Å². The third-order valence-electron chi connectivity index (χ3n) is 2.71. The van der Waals surface area contributed by atoms with Gasteiger partial charge in [0.05, 0.1) is 6.26 Å². The zero-order valence-electron chi connectivity index (χ0n) is 10.3. The number of aryl methyl sites for hydroxylation is 2. The Kier molecular flexibility index (Phi) is 3.81. The highest BCUT2D eigenvalue weighted by Gasteiger charge is 2.04. The monoisotopic (exact) mass is 230 g/mol. The highest BCUT2D eigenvalue weighted by atomic mass is 16.3. The van der Waals surface area contributed by atoms with E-state index in [9.17, 15) is 0 Å². The van der Waals surface area contributed by atoms with Crippen molar-refractivity contribution in [3.63, 3.8) is 0 Å². The Bertz CT molecular complexity index is 451. The highest BCUT2D eigenvalue weighted by Crippen LogP contribution is 2.12. The van der Waals surface area contributed by atoms with E-state index < -0.39 is 0 Å². The maximum atomic E-state index is 5.32. The molecule has 2 aromatic rings. The van der Waals surface area contributed by atoms with Gasteiger partial charge in [-0.25, -0.2) is 0 Å². The zero-order chi connectivity index (χ0) is 12.1. The molecule has 0 saturated carbocycles. The van der Waals surface area contributed by atoms with Crippen molar-refractivity contribution < 1.29 is 4.42 Å². The average Bonchev–Trinajstić information content (AvgIpc) is 2.79. The maximum Gasteiger partial charge on any atom is 0.103 e. The number of rotatable bonds is 5. The Morgan fingerprint density at radius 1 is 1.41 bits per heavy atom. The SMILES string of the molecule is Cc1cc(NC(C)CCc2ccco2)ccn1. The molecule has 0 fully saturated rings. The summed E-state index contributed by atoms with van der Waals surface area (Å²) in [5.74, 6) is 1.05. The molecule has 0 aromatic carbocycles. The highest BCUT2D eigenvalue weighted by molar-refractivity contribution is 5.43. The predicted molar refractivity (Wildman–Crippen MR) is 69.1 cm³/mol. The van der Waals surface area contributed by atoms with Crippen molar-refractivity contribution in [2.24, 2.45) is 0 Å². The van der Waals surface area contributed by atoms with E-state index in [0.717, 1.165) is 30.0 Å². The summed E-state index contributed by atoms with van der Waals surface area (Å²) in [6.45, 7) is 4.18. The van der Waals surface area contributed by atoms with Crippen molar-refractivity contribution in [1.82, 2.24) is 4.98 Å². The molecule has 1 atom stereocenters. The van der Waals surface area contributed by atoms with E-state index in [2.05, 4.69) is 23.3 Å². The van der Waals surface area contributed by atoms with Gasteiger partial charge in [-0.15, -0.1) is 0 Å². The molecule has 90 valence electrons. The molecule has 17 heavy (non-hydrogen) atoms. The second-order valence-corrected chi connectivity index (χ2v) is 4.35. The van der Waals surface area contributed by atoms with Crippen molar-refractivity contribution in [3.05, 3.63) is 48.2 Å². The number of aromatic nitrogens is 1. The summed E-state index contributed by atoms with van der Waals surface area (Å²) < 4.78 is 5.32. The third kappa shape index (κ3) is 3.63. The lowest BCUT2D eigenvalue weighted by molar-refractivity contribution is 0.495. The van der Waals surface area contributed by atoms with Gasteiger partial charge in [0.15, 0.2) is 0 Å². The topological polar surface area (TPSA) is 38.1 Å². The third-order valence-corrected chi connectivity index (χ3v) is 2.71. The minimum absolute atomic E-state index is 0.418. The normalized spacial score (nSPS) is 12.4. The minimum Gasteiger partial charge on any atom is -0.469 e. The molecule has 0 radical (unpaired) electrons. The van der Waals surface area contributed by atoms with E-state index in [4.69, 9.17) is 4.42 Å². The first-order valence-electron chi connectivity index (χ1n) is 5.95. The Morgan fingerprint density at radius 2 is 2.29 bits per heavy atom. The van der Waals surface area contributed by atoms with Gasteiger partial charge in [0.2, 0.25) is 0 Å². The van der Waals surface area contributed by atoms with Crippen LogP contribution in [0.15, 0.2) is 41.1 Å². The Morgan fingerprint density at radius 3 is 3.00 bits per heavy atom. The van der Waals surface area contributed by atoms with E-state index >= 15 is 0 Å². The van der Waals surface area contributed by atoms with Gasteiger partial charge in [-0.05, 0) is 44.5 Å². The van der Waals surface area contributed by atoms with Gasteiger partial charge in [-0.3, -0.25) is 4.98 Å². The van der Waals surface area contributed by atoms with Gasteiger partial charge >= 0.3 is 0 Å². The summed E-state index contributed by atoms with van der Waals surface area (Å²) in [5, 5.41) is 3.46. The lowest BCUT2D eigenvalue weighted by Crippen LogP contribution is -2.15. The van der Waals surface area contributed by atoms with E-state index in [1.54, 1.807) is 6.26 Å². The van der Waals surface area contributed by atoms with Crippen LogP contribution in [0.4, 0.5) is 5.69 Å². The zero-order valence-corrected chi connectivity index (χ0v) is 10.3. The van der Waals surface area contributed by atoms with Crippen molar-refractivity contribution in [2.75, 3.05) is 5.32 Å². The van der Waals surface area contributed by atoms with Crippen LogP contribution < -0.4 is 5.32 Å². The van der Waals surface area contributed by atoms with E-state index in [1.807, 2.05) is 31.3 Å². The van der Waals surface area contributed by atoms with Crippen LogP contribution in [0.5, 0.6) is 0 Å². The molecule has 2 heterocycles. The molecule has 0 amide bonds. The molecule has 0 bridgehead atoms. The quantitative estimate of drug-likeness (QED) is 0.855. The van der Waals surface area contributed by atoms with E-state index in [0.29, 0.717) is 6.04 Å². The summed E-state index contributed by atoms with van der Waals surface area (Å²) in [4.78, 5) is 4.18. The first-order valence-corrected chi connectivity index (χ1v) is 5.95. The second-order valence-electron chi connectivity index (χ2n) is 4.35. The first kappa shape index (κ1) is 11.7. The molecule has 0 aliphatic carbocycles. The molecule has 0 saturated heterocycles. The van der Waals surface area contributed by atoms with Crippen molar-refractivity contribution in [3.8, 4) is 0 Å². The van der Waals surface area contributed by atoms with Gasteiger partial charge in [-0.2, -0.15) is 0 Å². The van der Waals surface area contributed by atoms with Gasteiger partial charge < -0.3 is 9.73 Å². The minimum atomic E-state index is 0.418. The van der Waals surface area contributed by atoms with Gasteiger partial charge in [0.1, 0.15) is 5.76 Å². The summed E-state index contributed by atoms with van der Waals surface area (Å²) in [6.07, 6.45) is 5.57. The number of nitrogens with one attached hydrogen (secondary N) is 1. The molecular formula is C14H18N2O. The number of hydrogen-bond acceptors (Lipinski definition) is 3. The summed E-state index contributed by atoms with van der Waals surface area (Å²) in [6, 6.07) is 8.42. The number of anilines is 1. The number of pyridine rings is 1. The largest absolute Gasteiger partial charge is 0.469 e. The smallest absolute Gasteiger partial charge is 0.103 e. The molecule has 1 N–H and O–H groups in total. The Labute approximate surface area is 102 Å². The number of furan rings is 1. The standard InChI is InChI=1S/C14H18N2O/c1-11(5-6-14-4-3-9-17-14)16-13-7-8-15-12(2)10-13/h3-4,7-11H,5-6H2,1-2H3,(H,15,16). The Hall–Kier alpha value is -1.77. The van der Waals surface area contributed by atoms with Crippen molar-refractivity contribution in [1.29, 1.82) is 0 Å². The molecule has 0 spiro atoms. The van der Waals surface area contributed by atoms with Crippen LogP contribution in [0.1, 0.15) is 24.8 Å². The fourth-order valence-corrected chi connectivity index (χ4v) is 1.81. The molecular weight excluding hydrogens is 212 g/mol. The lowest BCUT2D eigenvalue weighted by atomic mass is 10.1. The fourth-order valence-electron chi connectivity index (χ4n) is 1.81. The molecule has 1 unspecified atom stereocenters. The molecule has 3 nitrogen and oxygen atoms in total. The summed E-state index contributed by atoms with van der Waals surface area (Å²) in [5.41, 5.74) is 2.16. The summed E-state index contributed by atoms with van der Waals surface area (Å²) >= 11 is 0. The second kappa shape index (κ2) is 5.53. The van der Waals surface area contributed by atoms with Crippen LogP contribution in [0.3, 0.4) is 0 Å². The van der Waals surface area contributed by atoms with Crippen LogP contribution >= 0.6 is 0 Å². The van der Waals surface area contributed by atoms with Crippen LogP contribution in [0.25, 0.3) is 0 Å². The van der Waals surface area contributed by atoms with Gasteiger partial charge in [-0.1, -0.05) is 0 Å². The molecule has 0 aliphatic rings. The van der Waals surface area contributed by atoms with Crippen LogP contribution in [-0.2, 0) is 6.42 Å². The van der Waals surface area contributed by atoms with Crippen LogP contribution in [0, 0.1) is 6.92 Å². The van der Waals surface area contributed by atoms with Gasteiger partial charge in [0.25, 0.3) is 0 Å². The molecule has 3 heteroatoms. The number of nitrogens with zero attached hydrogens (tertiary/aromatic N) is 1. The lowest BCUT2D eigenvalue weighted by Gasteiger charge is -2.14. The Balaban J connectivity index is 1.83. The number of hydrogen-bond donors (Lipinski definition) is 1. The fraction of sp³-hybridized carbons (Fsp3) is 0.357. The van der Waals surface area contributed by atoms with Crippen LogP contribution in [-0.4, -0.2) is 11.0 Å². The van der Waals surface area contributed by atoms with E-state index in [1.165, 1.54) is 0 Å². The predicted octanol–water partition coefficient (Wildman–Crippen LogP) is 3.42. The maximum absolute atomic E-state index is 5.32. The van der Waals surface area contributed by atoms with E-state index in [-0.39, 0.29) is 0 Å². The molecule has 2 aromatic heterocycles. The summed E-state index contributed by atoms with van der Waals surface area (Å²) in [7, 11) is 0.